The molecule has 2 rings (SSSR count). The highest BCUT2D eigenvalue weighted by Gasteiger charge is 2.23. The SMILES string of the molecule is COc1ccc(O)c(C2CNCCO2)c1Br. The van der Waals surface area contributed by atoms with Gasteiger partial charge in [0, 0.05) is 18.7 Å². The Balaban J connectivity index is 2.37. The number of benzene rings is 1. The Hall–Kier alpha value is -0.780. The molecule has 1 unspecified atom stereocenters. The van der Waals surface area contributed by atoms with E-state index in [0.29, 0.717) is 18.9 Å². The fraction of sp³-hybridized carbons (Fsp3) is 0.455. The Bertz CT molecular complexity index is 378. The lowest BCUT2D eigenvalue weighted by Gasteiger charge is -2.25. The Morgan fingerprint density at radius 2 is 2.38 bits per heavy atom. The molecule has 0 saturated carbocycles. The number of methoxy groups -OCH3 is 1. The lowest BCUT2D eigenvalue weighted by molar-refractivity contribution is 0.0257. The van der Waals surface area contributed by atoms with Crippen LogP contribution < -0.4 is 10.1 Å². The Morgan fingerprint density at radius 3 is 3.00 bits per heavy atom. The quantitative estimate of drug-likeness (QED) is 0.871. The number of rotatable bonds is 2. The minimum atomic E-state index is -0.141. The van der Waals surface area contributed by atoms with E-state index in [-0.39, 0.29) is 11.9 Å². The van der Waals surface area contributed by atoms with Crippen molar-refractivity contribution in [3.05, 3.63) is 22.2 Å². The van der Waals surface area contributed by atoms with Gasteiger partial charge in [-0.1, -0.05) is 0 Å². The van der Waals surface area contributed by atoms with Crippen LogP contribution in [0.5, 0.6) is 11.5 Å². The summed E-state index contributed by atoms with van der Waals surface area (Å²) >= 11 is 3.44. The first-order valence-electron chi connectivity index (χ1n) is 5.11. The van der Waals surface area contributed by atoms with Crippen molar-refractivity contribution >= 4 is 15.9 Å². The third kappa shape index (κ3) is 2.16. The molecule has 16 heavy (non-hydrogen) atoms. The highest BCUT2D eigenvalue weighted by molar-refractivity contribution is 9.10. The summed E-state index contributed by atoms with van der Waals surface area (Å²) in [7, 11) is 1.60. The molecule has 2 N–H and O–H groups in total. The molecular weight excluding hydrogens is 274 g/mol. The van der Waals surface area contributed by atoms with Crippen LogP contribution in [0.3, 0.4) is 0 Å². The van der Waals surface area contributed by atoms with Gasteiger partial charge in [0.1, 0.15) is 11.5 Å². The van der Waals surface area contributed by atoms with E-state index in [4.69, 9.17) is 9.47 Å². The van der Waals surface area contributed by atoms with Crippen LogP contribution in [0.25, 0.3) is 0 Å². The molecule has 1 fully saturated rings. The smallest absolute Gasteiger partial charge is 0.133 e. The van der Waals surface area contributed by atoms with Crippen molar-refractivity contribution in [1.82, 2.24) is 5.32 Å². The van der Waals surface area contributed by atoms with E-state index in [0.717, 1.165) is 16.6 Å². The van der Waals surface area contributed by atoms with E-state index in [1.807, 2.05) is 0 Å². The molecule has 4 nitrogen and oxygen atoms in total. The van der Waals surface area contributed by atoms with Crippen LogP contribution in [0.1, 0.15) is 11.7 Å². The average molecular weight is 288 g/mol. The number of halogens is 1. The lowest BCUT2D eigenvalue weighted by Crippen LogP contribution is -2.33. The molecule has 1 aliphatic heterocycles. The molecule has 0 radical (unpaired) electrons. The van der Waals surface area contributed by atoms with Crippen molar-refractivity contribution < 1.29 is 14.6 Å². The molecule has 88 valence electrons. The van der Waals surface area contributed by atoms with Gasteiger partial charge in [0.25, 0.3) is 0 Å². The summed E-state index contributed by atoms with van der Waals surface area (Å²) in [5.74, 6) is 0.920. The number of morpholine rings is 1. The van der Waals surface area contributed by atoms with Gasteiger partial charge in [-0.3, -0.25) is 0 Å². The molecule has 5 heteroatoms. The van der Waals surface area contributed by atoms with Gasteiger partial charge in [-0.15, -0.1) is 0 Å². The second kappa shape index (κ2) is 5.03. The largest absolute Gasteiger partial charge is 0.508 e. The van der Waals surface area contributed by atoms with Gasteiger partial charge in [-0.05, 0) is 28.1 Å². The van der Waals surface area contributed by atoms with Crippen LogP contribution in [0.2, 0.25) is 0 Å². The van der Waals surface area contributed by atoms with Crippen molar-refractivity contribution in [2.45, 2.75) is 6.10 Å². The van der Waals surface area contributed by atoms with Crippen molar-refractivity contribution in [2.75, 3.05) is 26.8 Å². The molecule has 1 aromatic carbocycles. The van der Waals surface area contributed by atoms with E-state index in [2.05, 4.69) is 21.2 Å². The van der Waals surface area contributed by atoms with Crippen LogP contribution in [-0.2, 0) is 4.74 Å². The number of phenolic OH excluding ortho intramolecular Hbond substituents is 1. The minimum absolute atomic E-state index is 0.141. The summed E-state index contributed by atoms with van der Waals surface area (Å²) in [6, 6.07) is 3.34. The number of hydrogen-bond acceptors (Lipinski definition) is 4. The summed E-state index contributed by atoms with van der Waals surface area (Å²) in [6.45, 7) is 2.19. The molecule has 0 bridgehead atoms. The van der Waals surface area contributed by atoms with Gasteiger partial charge >= 0.3 is 0 Å². The third-order valence-corrected chi connectivity index (χ3v) is 3.41. The number of nitrogens with one attached hydrogen (secondary N) is 1. The first-order valence-corrected chi connectivity index (χ1v) is 5.91. The van der Waals surface area contributed by atoms with Gasteiger partial charge in [0.15, 0.2) is 0 Å². The van der Waals surface area contributed by atoms with Gasteiger partial charge in [-0.2, -0.15) is 0 Å². The topological polar surface area (TPSA) is 50.7 Å². The fourth-order valence-electron chi connectivity index (χ4n) is 1.78. The predicted octanol–water partition coefficient (Wildman–Crippen LogP) is 1.82. The summed E-state index contributed by atoms with van der Waals surface area (Å²) in [5.41, 5.74) is 0.742. The number of hydrogen-bond donors (Lipinski definition) is 2. The van der Waals surface area contributed by atoms with Gasteiger partial charge in [0.05, 0.1) is 24.3 Å². The molecular formula is C11H14BrNO3. The van der Waals surface area contributed by atoms with E-state index in [1.165, 1.54) is 0 Å². The maximum atomic E-state index is 9.87. The summed E-state index contributed by atoms with van der Waals surface area (Å²) < 4.78 is 11.6. The molecule has 0 aliphatic carbocycles. The van der Waals surface area contributed by atoms with Crippen LogP contribution in [0.4, 0.5) is 0 Å². The van der Waals surface area contributed by atoms with Gasteiger partial charge in [-0.25, -0.2) is 0 Å². The molecule has 1 atom stereocenters. The van der Waals surface area contributed by atoms with Gasteiger partial charge < -0.3 is 19.9 Å². The van der Waals surface area contributed by atoms with Crippen molar-refractivity contribution in [3.63, 3.8) is 0 Å². The second-order valence-corrected chi connectivity index (χ2v) is 4.37. The maximum Gasteiger partial charge on any atom is 0.133 e. The highest BCUT2D eigenvalue weighted by Crippen LogP contribution is 2.39. The number of aromatic hydroxyl groups is 1. The van der Waals surface area contributed by atoms with Crippen LogP contribution in [0.15, 0.2) is 16.6 Å². The minimum Gasteiger partial charge on any atom is -0.508 e. The molecule has 1 saturated heterocycles. The van der Waals surface area contributed by atoms with Gasteiger partial charge in [0.2, 0.25) is 0 Å². The molecule has 0 spiro atoms. The summed E-state index contributed by atoms with van der Waals surface area (Å²) in [6.07, 6.45) is -0.141. The van der Waals surface area contributed by atoms with E-state index < -0.39 is 0 Å². The Labute approximate surface area is 103 Å². The Morgan fingerprint density at radius 1 is 1.56 bits per heavy atom. The number of phenols is 1. The first-order chi connectivity index (χ1) is 7.74. The van der Waals surface area contributed by atoms with Crippen LogP contribution >= 0.6 is 15.9 Å². The molecule has 0 amide bonds. The zero-order chi connectivity index (χ0) is 11.5. The standard InChI is InChI=1S/C11H14BrNO3/c1-15-8-3-2-7(14)10(11(8)12)9-6-13-4-5-16-9/h2-3,9,13-14H,4-6H2,1H3. The average Bonchev–Trinajstić information content (AvgIpc) is 2.31. The van der Waals surface area contributed by atoms with E-state index in [9.17, 15) is 5.11 Å². The molecule has 1 aromatic rings. The van der Waals surface area contributed by atoms with Crippen LogP contribution in [-0.4, -0.2) is 31.9 Å². The van der Waals surface area contributed by atoms with E-state index in [1.54, 1.807) is 19.2 Å². The lowest BCUT2D eigenvalue weighted by atomic mass is 10.1. The van der Waals surface area contributed by atoms with Crippen molar-refractivity contribution in [2.24, 2.45) is 0 Å². The molecule has 1 aliphatic rings. The number of ether oxygens (including phenoxy) is 2. The molecule has 1 heterocycles. The monoisotopic (exact) mass is 287 g/mol. The third-order valence-electron chi connectivity index (χ3n) is 2.59. The normalized spacial score (nSPS) is 20.8. The predicted molar refractivity (Wildman–Crippen MR) is 63.9 cm³/mol. The maximum absolute atomic E-state index is 9.87. The Kier molecular flexibility index (Phi) is 3.68. The van der Waals surface area contributed by atoms with Crippen molar-refractivity contribution in [3.8, 4) is 11.5 Å². The zero-order valence-electron chi connectivity index (χ0n) is 9.00. The van der Waals surface area contributed by atoms with E-state index >= 15 is 0 Å². The summed E-state index contributed by atoms with van der Waals surface area (Å²) in [5, 5.41) is 13.1. The van der Waals surface area contributed by atoms with Crippen molar-refractivity contribution in [1.29, 1.82) is 0 Å². The fourth-order valence-corrected chi connectivity index (χ4v) is 2.53. The first kappa shape index (κ1) is 11.7. The second-order valence-electron chi connectivity index (χ2n) is 3.58. The molecule has 0 aromatic heterocycles. The zero-order valence-corrected chi connectivity index (χ0v) is 10.6. The summed E-state index contributed by atoms with van der Waals surface area (Å²) in [4.78, 5) is 0. The van der Waals surface area contributed by atoms with Crippen LogP contribution in [0, 0.1) is 0 Å². The highest BCUT2D eigenvalue weighted by atomic mass is 79.9.